The fourth-order valence-corrected chi connectivity index (χ4v) is 3.71. The molecule has 0 unspecified atom stereocenters. The average Bonchev–Trinajstić information content (AvgIpc) is 3.38. The summed E-state index contributed by atoms with van der Waals surface area (Å²) in [5.41, 5.74) is 1.51. The number of carbonyl (C=O) groups excluding carboxylic acids is 2. The summed E-state index contributed by atoms with van der Waals surface area (Å²) < 4.78 is 63.5. The van der Waals surface area contributed by atoms with E-state index in [2.05, 4.69) is 9.97 Å². The molecule has 4 rings (SSSR count). The molecule has 2 aliphatic heterocycles. The SMILES string of the molecule is O=C(O)C(F)(F)F.O=C(O)C(F)(F)F.O=C(c1ccccn1)N1CC[C@H]2[C@H]1CC(=O)N2Cc1ccncc1. The lowest BCUT2D eigenvalue weighted by Gasteiger charge is -2.25. The number of carboxylic acid groups (broad SMARTS) is 2. The molecule has 4 heterocycles. The summed E-state index contributed by atoms with van der Waals surface area (Å²) in [6.45, 7) is 1.25. The summed E-state index contributed by atoms with van der Waals surface area (Å²) >= 11 is 0. The van der Waals surface area contributed by atoms with E-state index in [1.165, 1.54) is 0 Å². The van der Waals surface area contributed by atoms with Crippen molar-refractivity contribution in [2.75, 3.05) is 6.54 Å². The van der Waals surface area contributed by atoms with Crippen molar-refractivity contribution in [3.63, 3.8) is 0 Å². The van der Waals surface area contributed by atoms with E-state index in [0.717, 1.165) is 12.0 Å². The van der Waals surface area contributed by atoms with Crippen LogP contribution in [0.15, 0.2) is 48.9 Å². The van der Waals surface area contributed by atoms with Gasteiger partial charge in [0.1, 0.15) is 5.69 Å². The highest BCUT2D eigenvalue weighted by atomic mass is 19.4. The molecule has 0 aromatic carbocycles. The number of carbonyl (C=O) groups is 4. The first kappa shape index (κ1) is 30.0. The third kappa shape index (κ3) is 8.14. The van der Waals surface area contributed by atoms with Crippen molar-refractivity contribution >= 4 is 23.8 Å². The van der Waals surface area contributed by atoms with Crippen molar-refractivity contribution in [1.29, 1.82) is 0 Å². The molecule has 0 saturated carbocycles. The molecule has 2 atom stereocenters. The van der Waals surface area contributed by atoms with Crippen LogP contribution in [0.1, 0.15) is 28.9 Å². The summed E-state index contributed by atoms with van der Waals surface area (Å²) in [6, 6.07) is 9.22. The van der Waals surface area contributed by atoms with Gasteiger partial charge in [0.2, 0.25) is 5.91 Å². The van der Waals surface area contributed by atoms with Crippen LogP contribution in [0.3, 0.4) is 0 Å². The molecular weight excluding hydrogens is 530 g/mol. The molecule has 0 spiro atoms. The predicted octanol–water partition coefficient (Wildman–Crippen LogP) is 2.76. The molecule has 0 bridgehead atoms. The van der Waals surface area contributed by atoms with Gasteiger partial charge in [-0.1, -0.05) is 6.07 Å². The van der Waals surface area contributed by atoms with Crippen molar-refractivity contribution in [3.8, 4) is 0 Å². The highest BCUT2D eigenvalue weighted by Crippen LogP contribution is 2.34. The van der Waals surface area contributed by atoms with Gasteiger partial charge in [0.05, 0.1) is 12.1 Å². The Bertz CT molecular complexity index is 1110. The number of nitrogens with zero attached hydrogens (tertiary/aromatic N) is 4. The van der Waals surface area contributed by atoms with Crippen molar-refractivity contribution in [1.82, 2.24) is 19.8 Å². The number of rotatable bonds is 3. The van der Waals surface area contributed by atoms with Gasteiger partial charge < -0.3 is 20.0 Å². The lowest BCUT2D eigenvalue weighted by atomic mass is 10.1. The Balaban J connectivity index is 0.000000301. The van der Waals surface area contributed by atoms with E-state index >= 15 is 0 Å². The van der Waals surface area contributed by atoms with Gasteiger partial charge in [0, 0.05) is 38.1 Å². The first-order chi connectivity index (χ1) is 17.6. The molecule has 2 N–H and O–H groups in total. The van der Waals surface area contributed by atoms with Crippen molar-refractivity contribution < 1.29 is 55.7 Å². The number of hydrogen-bond donors (Lipinski definition) is 2. The molecule has 2 fully saturated rings. The monoisotopic (exact) mass is 550 g/mol. The maximum Gasteiger partial charge on any atom is 0.490 e. The molecule has 10 nitrogen and oxygen atoms in total. The number of pyridine rings is 2. The van der Waals surface area contributed by atoms with E-state index in [1.54, 1.807) is 30.7 Å². The van der Waals surface area contributed by atoms with Crippen molar-refractivity contribution in [2.45, 2.75) is 43.8 Å². The van der Waals surface area contributed by atoms with Crippen LogP contribution in [-0.2, 0) is 20.9 Å². The van der Waals surface area contributed by atoms with Crippen LogP contribution in [0.25, 0.3) is 0 Å². The Morgan fingerprint density at radius 1 is 0.895 bits per heavy atom. The second-order valence-corrected chi connectivity index (χ2v) is 7.82. The zero-order valence-electron chi connectivity index (χ0n) is 19.2. The van der Waals surface area contributed by atoms with Crippen LogP contribution in [0.2, 0.25) is 0 Å². The second kappa shape index (κ2) is 12.3. The highest BCUT2D eigenvalue weighted by Gasteiger charge is 2.48. The molecule has 2 aromatic heterocycles. The molecule has 2 amide bonds. The van der Waals surface area contributed by atoms with Gasteiger partial charge in [-0.3, -0.25) is 19.6 Å². The third-order valence-electron chi connectivity index (χ3n) is 5.35. The fraction of sp³-hybridized carbons (Fsp3) is 0.364. The van der Waals surface area contributed by atoms with Crippen LogP contribution < -0.4 is 0 Å². The molecule has 0 aliphatic carbocycles. The van der Waals surface area contributed by atoms with Crippen LogP contribution in [-0.4, -0.2) is 84.7 Å². The quantitative estimate of drug-likeness (QED) is 0.556. The highest BCUT2D eigenvalue weighted by molar-refractivity contribution is 5.94. The zero-order chi connectivity index (χ0) is 28.7. The Morgan fingerprint density at radius 2 is 1.45 bits per heavy atom. The van der Waals surface area contributed by atoms with Crippen LogP contribution in [0, 0.1) is 0 Å². The van der Waals surface area contributed by atoms with E-state index in [9.17, 15) is 35.9 Å². The van der Waals surface area contributed by atoms with Crippen LogP contribution in [0.4, 0.5) is 26.3 Å². The molecule has 0 radical (unpaired) electrons. The second-order valence-electron chi connectivity index (χ2n) is 7.82. The molecule has 2 aromatic rings. The van der Waals surface area contributed by atoms with Gasteiger partial charge in [-0.05, 0) is 36.2 Å². The molecule has 206 valence electrons. The van der Waals surface area contributed by atoms with E-state index in [1.807, 2.05) is 28.0 Å². The van der Waals surface area contributed by atoms with Gasteiger partial charge in [-0.15, -0.1) is 0 Å². The maximum atomic E-state index is 12.7. The molecule has 38 heavy (non-hydrogen) atoms. The minimum Gasteiger partial charge on any atom is -0.475 e. The van der Waals surface area contributed by atoms with Crippen molar-refractivity contribution in [3.05, 3.63) is 60.2 Å². The lowest BCUT2D eigenvalue weighted by Crippen LogP contribution is -2.40. The molecule has 16 heteroatoms. The summed E-state index contributed by atoms with van der Waals surface area (Å²) in [7, 11) is 0. The van der Waals surface area contributed by atoms with Gasteiger partial charge in [0.15, 0.2) is 0 Å². The summed E-state index contributed by atoms with van der Waals surface area (Å²) in [5, 5.41) is 14.2. The number of fused-ring (bicyclic) bond motifs is 1. The number of halogens is 6. The molecule has 2 saturated heterocycles. The Labute approximate surface area is 210 Å². The van der Waals surface area contributed by atoms with Gasteiger partial charge in [-0.2, -0.15) is 26.3 Å². The Hall–Kier alpha value is -4.24. The summed E-state index contributed by atoms with van der Waals surface area (Å²) in [5.74, 6) is -5.48. The predicted molar refractivity (Wildman–Crippen MR) is 114 cm³/mol. The van der Waals surface area contributed by atoms with Crippen LogP contribution >= 0.6 is 0 Å². The number of hydrogen-bond acceptors (Lipinski definition) is 6. The lowest BCUT2D eigenvalue weighted by molar-refractivity contribution is -0.193. The summed E-state index contributed by atoms with van der Waals surface area (Å²) in [4.78, 5) is 54.8. The topological polar surface area (TPSA) is 141 Å². The number of likely N-dealkylation sites (tertiary alicyclic amines) is 2. The Morgan fingerprint density at radius 3 is 1.92 bits per heavy atom. The van der Waals surface area contributed by atoms with Crippen LogP contribution in [0.5, 0.6) is 0 Å². The fourth-order valence-electron chi connectivity index (χ4n) is 3.71. The molecule has 2 aliphatic rings. The minimum atomic E-state index is -5.08. The number of aliphatic carboxylic acids is 2. The zero-order valence-corrected chi connectivity index (χ0v) is 19.2. The van der Waals surface area contributed by atoms with E-state index in [-0.39, 0.29) is 23.9 Å². The number of amides is 2. The number of aromatic nitrogens is 2. The largest absolute Gasteiger partial charge is 0.490 e. The van der Waals surface area contributed by atoms with Crippen molar-refractivity contribution in [2.24, 2.45) is 0 Å². The average molecular weight is 550 g/mol. The van der Waals surface area contributed by atoms with Gasteiger partial charge in [-0.25, -0.2) is 9.59 Å². The molecular formula is C22H20F6N4O6. The number of carboxylic acids is 2. The smallest absolute Gasteiger partial charge is 0.475 e. The minimum absolute atomic E-state index is 0.0474. The van der Waals surface area contributed by atoms with Gasteiger partial charge >= 0.3 is 24.3 Å². The summed E-state index contributed by atoms with van der Waals surface area (Å²) in [6.07, 6.45) is -3.86. The first-order valence-electron chi connectivity index (χ1n) is 10.6. The van der Waals surface area contributed by atoms with E-state index < -0.39 is 24.3 Å². The standard InChI is InChI=1S/C18H18N4O2.2C2HF3O2/c23-17-11-16-15(22(17)12-13-4-8-19-9-5-13)6-10-21(16)18(24)14-3-1-2-7-20-14;2*3-2(4,5)1(6)7/h1-5,7-9,15-16H,6,10-12H2;2*(H,6,7)/t15-,16+;;/m0../s1. The maximum absolute atomic E-state index is 12.7. The first-order valence-corrected chi connectivity index (χ1v) is 10.6. The number of alkyl halides is 6. The van der Waals surface area contributed by atoms with Gasteiger partial charge in [0.25, 0.3) is 5.91 Å². The van der Waals surface area contributed by atoms with E-state index in [0.29, 0.717) is 25.2 Å². The Kier molecular flexibility index (Phi) is 9.73. The third-order valence-corrected chi connectivity index (χ3v) is 5.35. The van der Waals surface area contributed by atoms with E-state index in [4.69, 9.17) is 19.8 Å². The normalized spacial score (nSPS) is 18.5.